The van der Waals surface area contributed by atoms with Crippen molar-refractivity contribution in [1.29, 1.82) is 0 Å². The Morgan fingerprint density at radius 1 is 1.67 bits per heavy atom. The Hall–Kier alpha value is -1.40. The molecular formula is C9H14N4O2. The van der Waals surface area contributed by atoms with E-state index in [0.29, 0.717) is 19.0 Å². The first-order valence-electron chi connectivity index (χ1n) is 4.94. The van der Waals surface area contributed by atoms with Crippen LogP contribution in [0, 0.1) is 0 Å². The fourth-order valence-electron chi connectivity index (χ4n) is 1.44. The minimum absolute atomic E-state index is 0.152. The smallest absolute Gasteiger partial charge is 0.252 e. The van der Waals surface area contributed by atoms with E-state index in [9.17, 15) is 4.79 Å². The molecule has 1 aromatic rings. The van der Waals surface area contributed by atoms with Crippen LogP contribution in [0.5, 0.6) is 0 Å². The zero-order valence-corrected chi connectivity index (χ0v) is 8.32. The van der Waals surface area contributed by atoms with Gasteiger partial charge in [-0.1, -0.05) is 0 Å². The van der Waals surface area contributed by atoms with E-state index in [2.05, 4.69) is 20.6 Å². The van der Waals surface area contributed by atoms with Gasteiger partial charge in [0, 0.05) is 25.2 Å². The third kappa shape index (κ3) is 3.03. The number of aromatic nitrogens is 2. The molecule has 0 amide bonds. The van der Waals surface area contributed by atoms with E-state index in [1.165, 1.54) is 12.4 Å². The minimum atomic E-state index is -0.152. The van der Waals surface area contributed by atoms with E-state index in [1.807, 2.05) is 0 Å². The van der Waals surface area contributed by atoms with Crippen LogP contribution < -0.4 is 16.2 Å². The van der Waals surface area contributed by atoms with Crippen molar-refractivity contribution in [3.63, 3.8) is 0 Å². The van der Waals surface area contributed by atoms with Gasteiger partial charge in [0.15, 0.2) is 0 Å². The van der Waals surface area contributed by atoms with E-state index in [1.54, 1.807) is 0 Å². The number of anilines is 1. The summed E-state index contributed by atoms with van der Waals surface area (Å²) >= 11 is 0. The summed E-state index contributed by atoms with van der Waals surface area (Å²) in [6, 6.07) is 1.71. The number of rotatable bonds is 3. The fourth-order valence-corrected chi connectivity index (χ4v) is 1.44. The van der Waals surface area contributed by atoms with Crippen LogP contribution in [0.15, 0.2) is 17.2 Å². The molecule has 15 heavy (non-hydrogen) atoms. The summed E-state index contributed by atoms with van der Waals surface area (Å²) in [5.41, 5.74) is -0.152. The molecule has 0 radical (unpaired) electrons. The van der Waals surface area contributed by atoms with Gasteiger partial charge in [-0.2, -0.15) is 0 Å². The lowest BCUT2D eigenvalue weighted by Gasteiger charge is -2.23. The molecule has 0 aromatic carbocycles. The summed E-state index contributed by atoms with van der Waals surface area (Å²) < 4.78 is 5.30. The monoisotopic (exact) mass is 210 g/mol. The average molecular weight is 210 g/mol. The number of ether oxygens (including phenoxy) is 1. The third-order valence-corrected chi connectivity index (χ3v) is 2.21. The van der Waals surface area contributed by atoms with Crippen molar-refractivity contribution in [2.75, 3.05) is 31.6 Å². The normalized spacial score (nSPS) is 21.2. The lowest BCUT2D eigenvalue weighted by Crippen LogP contribution is -2.45. The van der Waals surface area contributed by atoms with Crippen molar-refractivity contribution in [1.82, 2.24) is 15.3 Å². The van der Waals surface area contributed by atoms with Gasteiger partial charge in [-0.25, -0.2) is 4.98 Å². The van der Waals surface area contributed by atoms with Crippen LogP contribution in [-0.2, 0) is 4.74 Å². The predicted octanol–water partition coefficient (Wildman–Crippen LogP) is -0.830. The molecule has 2 heterocycles. The van der Waals surface area contributed by atoms with Gasteiger partial charge < -0.3 is 20.4 Å². The zero-order chi connectivity index (χ0) is 10.5. The number of hydrogen-bond donors (Lipinski definition) is 3. The topological polar surface area (TPSA) is 79.0 Å². The van der Waals surface area contributed by atoms with Crippen LogP contribution in [0.4, 0.5) is 5.82 Å². The Labute approximate surface area is 87.1 Å². The van der Waals surface area contributed by atoms with Crippen LogP contribution in [0.25, 0.3) is 0 Å². The highest BCUT2D eigenvalue weighted by molar-refractivity contribution is 5.31. The molecule has 0 aliphatic carbocycles. The molecular weight excluding hydrogens is 196 g/mol. The molecule has 2 rings (SSSR count). The van der Waals surface area contributed by atoms with Gasteiger partial charge in [-0.05, 0) is 0 Å². The first-order chi connectivity index (χ1) is 7.34. The highest BCUT2D eigenvalue weighted by Gasteiger charge is 2.12. The van der Waals surface area contributed by atoms with Gasteiger partial charge >= 0.3 is 0 Å². The highest BCUT2D eigenvalue weighted by Crippen LogP contribution is 1.98. The van der Waals surface area contributed by atoms with E-state index < -0.39 is 0 Å². The Balaban J connectivity index is 1.84. The summed E-state index contributed by atoms with van der Waals surface area (Å²) in [6.45, 7) is 3.03. The van der Waals surface area contributed by atoms with Crippen LogP contribution in [0.3, 0.4) is 0 Å². The van der Waals surface area contributed by atoms with E-state index >= 15 is 0 Å². The van der Waals surface area contributed by atoms with Crippen LogP contribution in [-0.4, -0.2) is 42.3 Å². The molecule has 6 heteroatoms. The Kier molecular flexibility index (Phi) is 3.31. The molecule has 0 bridgehead atoms. The first kappa shape index (κ1) is 10.1. The molecule has 1 saturated heterocycles. The lowest BCUT2D eigenvalue weighted by atomic mass is 10.3. The molecule has 1 aliphatic rings. The summed E-state index contributed by atoms with van der Waals surface area (Å²) in [7, 11) is 0. The molecule has 3 N–H and O–H groups in total. The van der Waals surface area contributed by atoms with Gasteiger partial charge in [0.2, 0.25) is 0 Å². The molecule has 1 aliphatic heterocycles. The SMILES string of the molecule is O=c1cc(NCC2COCCN2)nc[nH]1. The van der Waals surface area contributed by atoms with Crippen LogP contribution >= 0.6 is 0 Å². The number of nitrogens with zero attached hydrogens (tertiary/aromatic N) is 1. The maximum absolute atomic E-state index is 11.0. The second-order valence-corrected chi connectivity index (χ2v) is 3.40. The Morgan fingerprint density at radius 3 is 3.33 bits per heavy atom. The molecule has 1 atom stereocenters. The van der Waals surface area contributed by atoms with Gasteiger partial charge in [-0.15, -0.1) is 0 Å². The largest absolute Gasteiger partial charge is 0.378 e. The fraction of sp³-hybridized carbons (Fsp3) is 0.556. The second-order valence-electron chi connectivity index (χ2n) is 3.40. The van der Waals surface area contributed by atoms with Crippen molar-refractivity contribution in [3.8, 4) is 0 Å². The predicted molar refractivity (Wildman–Crippen MR) is 56.0 cm³/mol. The van der Waals surface area contributed by atoms with Gasteiger partial charge in [0.25, 0.3) is 5.56 Å². The Bertz CT molecular complexity index is 359. The number of aromatic amines is 1. The summed E-state index contributed by atoms with van der Waals surface area (Å²) in [6.07, 6.45) is 1.38. The number of hydrogen-bond acceptors (Lipinski definition) is 5. The van der Waals surface area contributed by atoms with Crippen molar-refractivity contribution in [3.05, 3.63) is 22.7 Å². The molecule has 6 nitrogen and oxygen atoms in total. The highest BCUT2D eigenvalue weighted by atomic mass is 16.5. The maximum atomic E-state index is 11.0. The van der Waals surface area contributed by atoms with E-state index in [-0.39, 0.29) is 11.6 Å². The van der Waals surface area contributed by atoms with Crippen molar-refractivity contribution in [2.24, 2.45) is 0 Å². The molecule has 1 aromatic heterocycles. The van der Waals surface area contributed by atoms with Gasteiger partial charge in [0.1, 0.15) is 5.82 Å². The van der Waals surface area contributed by atoms with Crippen LogP contribution in [0.2, 0.25) is 0 Å². The first-order valence-corrected chi connectivity index (χ1v) is 4.94. The summed E-state index contributed by atoms with van der Waals surface area (Å²) in [4.78, 5) is 17.4. The average Bonchev–Trinajstić information content (AvgIpc) is 2.28. The van der Waals surface area contributed by atoms with E-state index in [0.717, 1.165) is 13.2 Å². The van der Waals surface area contributed by atoms with Crippen molar-refractivity contribution in [2.45, 2.75) is 6.04 Å². The quantitative estimate of drug-likeness (QED) is 0.607. The number of H-pyrrole nitrogens is 1. The summed E-state index contributed by atoms with van der Waals surface area (Å²) in [5, 5.41) is 6.38. The standard InChI is InChI=1S/C9H14N4O2/c14-9-3-8(12-6-13-9)11-4-7-5-15-2-1-10-7/h3,6-7,10H,1-2,4-5H2,(H2,11,12,13,14). The van der Waals surface area contributed by atoms with Crippen molar-refractivity contribution < 1.29 is 4.74 Å². The zero-order valence-electron chi connectivity index (χ0n) is 8.32. The van der Waals surface area contributed by atoms with E-state index in [4.69, 9.17) is 4.74 Å². The molecule has 0 spiro atoms. The molecule has 1 fully saturated rings. The minimum Gasteiger partial charge on any atom is -0.378 e. The molecule has 0 saturated carbocycles. The molecule has 82 valence electrons. The maximum Gasteiger partial charge on any atom is 0.252 e. The second kappa shape index (κ2) is 4.90. The lowest BCUT2D eigenvalue weighted by molar-refractivity contribution is 0.0806. The van der Waals surface area contributed by atoms with Crippen LogP contribution in [0.1, 0.15) is 0 Å². The third-order valence-electron chi connectivity index (χ3n) is 2.21. The molecule has 1 unspecified atom stereocenters. The van der Waals surface area contributed by atoms with Gasteiger partial charge in [0.05, 0.1) is 19.5 Å². The Morgan fingerprint density at radius 2 is 2.60 bits per heavy atom. The number of morpholine rings is 1. The number of nitrogens with one attached hydrogen (secondary N) is 3. The summed E-state index contributed by atoms with van der Waals surface area (Å²) in [5.74, 6) is 0.589. The van der Waals surface area contributed by atoms with Crippen molar-refractivity contribution >= 4 is 5.82 Å². The van der Waals surface area contributed by atoms with Gasteiger partial charge in [-0.3, -0.25) is 4.79 Å².